The molecule has 706 valence electrons. The number of hydrogen-bond donors (Lipinski definition) is 0. The van der Waals surface area contributed by atoms with Crippen LogP contribution in [-0.2, 0) is 4.74 Å². The van der Waals surface area contributed by atoms with Gasteiger partial charge in [0.25, 0.3) is 5.92 Å². The fourth-order valence-corrected chi connectivity index (χ4v) is 19.4. The Morgan fingerprint density at radius 2 is 0.492 bits per heavy atom. The van der Waals surface area contributed by atoms with Crippen molar-refractivity contribution < 1.29 is 13.5 Å². The van der Waals surface area contributed by atoms with Crippen molar-refractivity contribution in [1.29, 1.82) is 0 Å². The number of halogens is 2. The lowest BCUT2D eigenvalue weighted by Gasteiger charge is -2.49. The summed E-state index contributed by atoms with van der Waals surface area (Å²) in [6.07, 6.45) is 22.8. The van der Waals surface area contributed by atoms with Gasteiger partial charge in [-0.3, -0.25) is 44.1 Å². The second-order valence-electron chi connectivity index (χ2n) is 43.9. The zero-order valence-corrected chi connectivity index (χ0v) is 86.7. The molecule has 14 heterocycles. The molecule has 0 bridgehead atoms. The van der Waals surface area contributed by atoms with E-state index in [0.717, 1.165) is 145 Å². The summed E-state index contributed by atoms with van der Waals surface area (Å²) < 4.78 is 29.5. The molecule has 17 heteroatoms. The molecule has 14 saturated heterocycles. The molecule has 15 rings (SSSR count). The molecule has 15 nitrogen and oxygen atoms in total. The smallest absolute Gasteiger partial charge is 0.272 e. The summed E-state index contributed by atoms with van der Waals surface area (Å²) in [5.41, 5.74) is 0.995. The first-order valence-electron chi connectivity index (χ1n) is 50.3. The molecule has 15 aliphatic rings. The quantitative estimate of drug-likeness (QED) is 0.146. The van der Waals surface area contributed by atoms with Gasteiger partial charge in [0.2, 0.25) is 0 Å². The predicted octanol–water partition coefficient (Wildman–Crippen LogP) is 21.0. The molecule has 118 heavy (non-hydrogen) atoms. The van der Waals surface area contributed by atoms with Crippen molar-refractivity contribution in [2.75, 3.05) is 138 Å². The van der Waals surface area contributed by atoms with Gasteiger partial charge in [0.1, 0.15) is 0 Å². The van der Waals surface area contributed by atoms with E-state index >= 15 is 0 Å². The molecule has 1 aliphatic carbocycles. The topological polar surface area (TPSA) is 54.4 Å². The Bertz CT molecular complexity index is 2250. The summed E-state index contributed by atoms with van der Waals surface area (Å²) in [6, 6.07) is 16.8. The van der Waals surface area contributed by atoms with Crippen LogP contribution >= 0.6 is 0 Å². The lowest BCUT2D eigenvalue weighted by Crippen LogP contribution is -2.62. The van der Waals surface area contributed by atoms with E-state index in [-0.39, 0.29) is 24.7 Å². The summed E-state index contributed by atoms with van der Waals surface area (Å²) in [5.74, 6) is -1.44. The Labute approximate surface area is 737 Å². The van der Waals surface area contributed by atoms with Gasteiger partial charge in [0.05, 0.1) is 18.7 Å². The van der Waals surface area contributed by atoms with Crippen molar-refractivity contribution in [1.82, 2.24) is 68.6 Å². The molecule has 15 fully saturated rings. The van der Waals surface area contributed by atoms with Gasteiger partial charge < -0.3 is 29.2 Å². The van der Waals surface area contributed by atoms with Crippen LogP contribution in [0.5, 0.6) is 0 Å². The molecular weight excluding hydrogens is 1460 g/mol. The molecule has 14 aliphatic heterocycles. The van der Waals surface area contributed by atoms with Gasteiger partial charge in [0.15, 0.2) is 0 Å². The number of likely N-dealkylation sites (tertiary alicyclic amines) is 13. The maximum Gasteiger partial charge on any atom is 0.272 e. The lowest BCUT2D eigenvalue weighted by atomic mass is 9.94. The molecule has 1 spiro atoms. The van der Waals surface area contributed by atoms with E-state index in [2.05, 4.69) is 313 Å². The highest BCUT2D eigenvalue weighted by atomic mass is 19.3. The molecule has 0 aromatic carbocycles. The van der Waals surface area contributed by atoms with Gasteiger partial charge >= 0.3 is 0 Å². The van der Waals surface area contributed by atoms with Crippen LogP contribution in [0.2, 0.25) is 0 Å². The minimum absolute atomic E-state index is 0.0509. The monoisotopic (exact) mass is 1680 g/mol. The van der Waals surface area contributed by atoms with Crippen molar-refractivity contribution in [2.45, 2.75) is 510 Å². The van der Waals surface area contributed by atoms with Crippen molar-refractivity contribution in [3.05, 3.63) is 0 Å². The van der Waals surface area contributed by atoms with E-state index in [9.17, 15) is 8.78 Å². The number of ether oxygens (including phenoxy) is 1. The third kappa shape index (κ3) is 42.9. The maximum atomic E-state index is 12.1. The Hall–Kier alpha value is -0.740. The van der Waals surface area contributed by atoms with Crippen LogP contribution in [0, 0.1) is 11.3 Å². The largest absolute Gasteiger partial charge is 0.376 e. The van der Waals surface area contributed by atoms with Gasteiger partial charge in [-0.05, 0) is 410 Å². The first kappa shape index (κ1) is 113. The normalized spacial score (nSPS) is 28.3. The van der Waals surface area contributed by atoms with Crippen molar-refractivity contribution >= 4 is 0 Å². The fraction of sp³-hybridized carbons (Fsp3) is 1.00. The van der Waals surface area contributed by atoms with Gasteiger partial charge in [-0.15, -0.1) is 0 Å². The molecule has 0 aromatic heterocycles. The molecule has 0 N–H and O–H groups in total. The molecule has 0 aromatic rings. The van der Waals surface area contributed by atoms with Crippen molar-refractivity contribution in [3.8, 4) is 0 Å². The third-order valence-corrected chi connectivity index (χ3v) is 28.4. The average Bonchev–Trinajstić information content (AvgIpc) is 1.59. The van der Waals surface area contributed by atoms with Crippen LogP contribution in [0.4, 0.5) is 8.78 Å². The Morgan fingerprint density at radius 1 is 0.254 bits per heavy atom. The van der Waals surface area contributed by atoms with E-state index in [4.69, 9.17) is 4.74 Å². The summed E-state index contributed by atoms with van der Waals surface area (Å²) in [6.45, 7) is 109. The lowest BCUT2D eigenvalue weighted by molar-refractivity contribution is -0.141. The zero-order valence-electron chi connectivity index (χ0n) is 86.7. The summed E-state index contributed by atoms with van der Waals surface area (Å²) in [7, 11) is 1.79. The molecule has 0 amide bonds. The van der Waals surface area contributed by atoms with E-state index < -0.39 is 5.92 Å². The highest BCUT2D eigenvalue weighted by molar-refractivity contribution is 5.06. The highest BCUT2D eigenvalue weighted by Crippen LogP contribution is 2.53. The van der Waals surface area contributed by atoms with Crippen molar-refractivity contribution in [2.24, 2.45) is 11.3 Å². The summed E-state index contributed by atoms with van der Waals surface area (Å²) in [4.78, 5) is 34.4. The first-order chi connectivity index (χ1) is 54.8. The predicted molar refractivity (Wildman–Crippen MR) is 517 cm³/mol. The number of methoxy groups -OCH3 is 1. The van der Waals surface area contributed by atoms with Gasteiger partial charge in [-0.2, -0.15) is 0 Å². The maximum absolute atomic E-state index is 12.1. The van der Waals surface area contributed by atoms with E-state index in [1.54, 1.807) is 12.0 Å². The number of piperidine rings is 2. The highest BCUT2D eigenvalue weighted by Gasteiger charge is 2.52. The molecule has 0 radical (unpaired) electrons. The minimum atomic E-state index is -2.40. The van der Waals surface area contributed by atoms with E-state index in [0.29, 0.717) is 6.04 Å². The second-order valence-corrected chi connectivity index (χ2v) is 43.9. The second kappa shape index (κ2) is 56.6. The standard InChI is InChI=1S/C8H17NO.C8H15N.5C8H17N.4C7H15N.C6H11F2N.C6H13N.C5H11N/c1-7(2)9-5-8(3,6-9)10-4;1-7(2)9-5-8(6-9)3-4-8;3*1-6(2)9-7(3)5-8(9)4;2*1-8(2)9-6-4-3-5-7-9;1-6(2)8-4-7(3)5-8;2*1-6(2)8-5-4-7(8)3;1-7(2)8-5-3-4-6-8;1-5(2)9-3-6(7,8)4-9;1-6(2)7-4-3-5-7;1-5(2)6-3-4-6/h7H,5-6H2,1-4H3;7H,3-6H2,1-2H3;3*6-8H,5H2,1-4H3;2*8H,3-7H2,1-2H3;3*6-7H,4-5H2,1-3H3;7H,3-6H2,1-2H3;5H,3-4H2,1-2H3;6H,3-5H2,1-2H3;5H,3-4H2,1-2H3/t;;7-,8+;2*7-,8-;;;;2*7-;;;;/m...10...10..../s1. The first-order valence-corrected chi connectivity index (χ1v) is 50.3. The number of hydrogen-bond acceptors (Lipinski definition) is 15. The molecule has 8 atom stereocenters. The molecule has 1 saturated carbocycles. The molecule has 0 unspecified atom stereocenters. The SMILES string of the molecule is CC(C)N1CC(F)(F)C1.CC(C)N1CC1.CC(C)N1CC2(CC2)C1.CC(C)N1CCC1.CC(C)N1CCCC1.CC(C)N1CCCCC1.CC(C)N1CCCCC1.CC(C)N1CC[C@@H]1C.CC(C)N1CC[C@H]1C.CC(C)N1[C@@H](C)C[C@@H]1C.CC(C)N1[C@H](C)C[C@@H]1C.CC(C)N1[C@H](C)C[C@H]1C.CC1CN(C(C)C)C1.COC1(C)CN(C(C)C)C1. The fourth-order valence-electron chi connectivity index (χ4n) is 19.4. The molecular formula is C101H212F2N14O. The summed E-state index contributed by atoms with van der Waals surface area (Å²) >= 11 is 0. The van der Waals surface area contributed by atoms with Gasteiger partial charge in [-0.1, -0.05) is 19.8 Å². The van der Waals surface area contributed by atoms with Crippen LogP contribution in [0.3, 0.4) is 0 Å². The Morgan fingerprint density at radius 3 is 0.602 bits per heavy atom. The number of nitrogens with zero attached hydrogens (tertiary/aromatic N) is 14. The Kier molecular flexibility index (Phi) is 54.3. The third-order valence-electron chi connectivity index (χ3n) is 28.4. The average molecular weight is 1680 g/mol. The van der Waals surface area contributed by atoms with Crippen LogP contribution in [0.15, 0.2) is 0 Å². The van der Waals surface area contributed by atoms with E-state index in [1.807, 2.05) is 13.8 Å². The van der Waals surface area contributed by atoms with Crippen LogP contribution in [0.1, 0.15) is 366 Å². The van der Waals surface area contributed by atoms with Gasteiger partial charge in [0, 0.05) is 205 Å². The number of rotatable bonds is 15. The van der Waals surface area contributed by atoms with Crippen LogP contribution < -0.4 is 0 Å². The Balaban J connectivity index is 0.000000431. The number of alkyl halides is 2. The zero-order chi connectivity index (χ0) is 90.0. The minimum Gasteiger partial charge on any atom is -0.376 e. The van der Waals surface area contributed by atoms with Gasteiger partial charge in [-0.25, -0.2) is 8.78 Å². The van der Waals surface area contributed by atoms with Crippen molar-refractivity contribution in [3.63, 3.8) is 0 Å². The van der Waals surface area contributed by atoms with Crippen LogP contribution in [0.25, 0.3) is 0 Å². The van der Waals surface area contributed by atoms with E-state index in [1.165, 1.54) is 207 Å². The summed E-state index contributed by atoms with van der Waals surface area (Å²) in [5, 5.41) is 0. The van der Waals surface area contributed by atoms with Crippen LogP contribution in [-0.4, -0.2) is 351 Å².